The summed E-state index contributed by atoms with van der Waals surface area (Å²) < 4.78 is 19.2. The number of hydrogen-bond acceptors (Lipinski definition) is 1. The zero-order valence-electron chi connectivity index (χ0n) is 9.41. The van der Waals surface area contributed by atoms with E-state index in [2.05, 4.69) is 15.9 Å². The Morgan fingerprint density at radius 1 is 1.12 bits per heavy atom. The number of hydrogen-bond donors (Lipinski definition) is 0. The Morgan fingerprint density at radius 2 is 1.82 bits per heavy atom. The third-order valence-electron chi connectivity index (χ3n) is 2.43. The van der Waals surface area contributed by atoms with Gasteiger partial charge in [-0.05, 0) is 31.2 Å². The lowest BCUT2D eigenvalue weighted by molar-refractivity contribution is 0.305. The van der Waals surface area contributed by atoms with E-state index in [1.54, 1.807) is 6.07 Å². The van der Waals surface area contributed by atoms with Gasteiger partial charge in [-0.25, -0.2) is 4.39 Å². The standard InChI is InChI=1S/C14H12BrFO/c1-10-2-6-13(7-3-10)17-9-11-4-5-12(16)8-14(11)15/h2-8H,9H2,1H3. The topological polar surface area (TPSA) is 9.23 Å². The van der Waals surface area contributed by atoms with Crippen LogP contribution in [0.25, 0.3) is 0 Å². The Kier molecular flexibility index (Phi) is 3.79. The summed E-state index contributed by atoms with van der Waals surface area (Å²) in [7, 11) is 0. The van der Waals surface area contributed by atoms with Crippen molar-refractivity contribution < 1.29 is 9.13 Å². The molecule has 0 aliphatic rings. The molecule has 0 radical (unpaired) electrons. The largest absolute Gasteiger partial charge is 0.489 e. The second kappa shape index (κ2) is 5.32. The molecule has 2 aromatic carbocycles. The van der Waals surface area contributed by atoms with Crippen molar-refractivity contribution in [3.8, 4) is 5.75 Å². The van der Waals surface area contributed by atoms with Gasteiger partial charge in [-0.1, -0.05) is 39.7 Å². The minimum Gasteiger partial charge on any atom is -0.489 e. The molecule has 88 valence electrons. The average Bonchev–Trinajstić information content (AvgIpc) is 2.30. The van der Waals surface area contributed by atoms with Gasteiger partial charge in [-0.2, -0.15) is 0 Å². The first-order chi connectivity index (χ1) is 8.15. The number of ether oxygens (including phenoxy) is 1. The molecule has 0 atom stereocenters. The van der Waals surface area contributed by atoms with E-state index in [1.165, 1.54) is 17.7 Å². The van der Waals surface area contributed by atoms with Crippen LogP contribution in [0.3, 0.4) is 0 Å². The summed E-state index contributed by atoms with van der Waals surface area (Å²) in [5, 5.41) is 0. The van der Waals surface area contributed by atoms with Gasteiger partial charge in [0.2, 0.25) is 0 Å². The maximum absolute atomic E-state index is 12.9. The van der Waals surface area contributed by atoms with Crippen molar-refractivity contribution in [1.29, 1.82) is 0 Å². The van der Waals surface area contributed by atoms with Crippen LogP contribution in [0.2, 0.25) is 0 Å². The van der Waals surface area contributed by atoms with Crippen molar-refractivity contribution in [3.05, 3.63) is 63.9 Å². The third kappa shape index (κ3) is 3.30. The van der Waals surface area contributed by atoms with Gasteiger partial charge in [-0.3, -0.25) is 0 Å². The van der Waals surface area contributed by atoms with Crippen molar-refractivity contribution in [3.63, 3.8) is 0 Å². The second-order valence-electron chi connectivity index (χ2n) is 3.84. The van der Waals surface area contributed by atoms with Crippen LogP contribution in [0.1, 0.15) is 11.1 Å². The van der Waals surface area contributed by atoms with Crippen LogP contribution in [0, 0.1) is 12.7 Å². The maximum atomic E-state index is 12.9. The normalized spacial score (nSPS) is 10.3. The van der Waals surface area contributed by atoms with Crippen molar-refractivity contribution in [2.75, 3.05) is 0 Å². The predicted octanol–water partition coefficient (Wildman–Crippen LogP) is 4.48. The van der Waals surface area contributed by atoms with Crippen molar-refractivity contribution in [2.24, 2.45) is 0 Å². The van der Waals surface area contributed by atoms with Crippen LogP contribution < -0.4 is 4.74 Å². The maximum Gasteiger partial charge on any atom is 0.124 e. The molecule has 0 spiro atoms. The summed E-state index contributed by atoms with van der Waals surface area (Å²) in [6.07, 6.45) is 0. The van der Waals surface area contributed by atoms with Gasteiger partial charge in [0.1, 0.15) is 18.2 Å². The highest BCUT2D eigenvalue weighted by Gasteiger charge is 2.02. The molecule has 0 aliphatic heterocycles. The van der Waals surface area contributed by atoms with Gasteiger partial charge < -0.3 is 4.74 Å². The molecule has 3 heteroatoms. The highest BCUT2D eigenvalue weighted by Crippen LogP contribution is 2.20. The van der Waals surface area contributed by atoms with E-state index in [-0.39, 0.29) is 5.82 Å². The molecule has 0 fully saturated rings. The second-order valence-corrected chi connectivity index (χ2v) is 4.69. The Labute approximate surface area is 108 Å². The number of benzene rings is 2. The number of halogens is 2. The summed E-state index contributed by atoms with van der Waals surface area (Å²) in [5.74, 6) is 0.558. The van der Waals surface area contributed by atoms with Gasteiger partial charge in [0.25, 0.3) is 0 Å². The van der Waals surface area contributed by atoms with E-state index in [0.717, 1.165) is 15.8 Å². The van der Waals surface area contributed by atoms with E-state index >= 15 is 0 Å². The fourth-order valence-electron chi connectivity index (χ4n) is 1.43. The zero-order chi connectivity index (χ0) is 12.3. The molecule has 0 heterocycles. The minimum absolute atomic E-state index is 0.254. The summed E-state index contributed by atoms with van der Waals surface area (Å²) in [4.78, 5) is 0. The lowest BCUT2D eigenvalue weighted by Crippen LogP contribution is -1.96. The molecular weight excluding hydrogens is 283 g/mol. The third-order valence-corrected chi connectivity index (χ3v) is 3.17. The van der Waals surface area contributed by atoms with Crippen LogP contribution in [0.4, 0.5) is 4.39 Å². The summed E-state index contributed by atoms with van der Waals surface area (Å²) >= 11 is 3.31. The van der Waals surface area contributed by atoms with E-state index in [1.807, 2.05) is 31.2 Å². The fraction of sp³-hybridized carbons (Fsp3) is 0.143. The quantitative estimate of drug-likeness (QED) is 0.811. The molecule has 0 unspecified atom stereocenters. The van der Waals surface area contributed by atoms with Crippen LogP contribution in [-0.4, -0.2) is 0 Å². The van der Waals surface area contributed by atoms with Crippen LogP contribution in [0.15, 0.2) is 46.9 Å². The van der Waals surface area contributed by atoms with E-state index in [4.69, 9.17) is 4.74 Å². The smallest absolute Gasteiger partial charge is 0.124 e. The van der Waals surface area contributed by atoms with Crippen molar-refractivity contribution in [1.82, 2.24) is 0 Å². The molecule has 0 amide bonds. The highest BCUT2D eigenvalue weighted by molar-refractivity contribution is 9.10. The molecule has 0 bridgehead atoms. The van der Waals surface area contributed by atoms with E-state index in [9.17, 15) is 4.39 Å². The molecule has 0 N–H and O–H groups in total. The molecule has 2 aromatic rings. The molecule has 1 nitrogen and oxygen atoms in total. The van der Waals surface area contributed by atoms with Gasteiger partial charge in [0, 0.05) is 10.0 Å². The molecule has 0 aromatic heterocycles. The van der Waals surface area contributed by atoms with E-state index < -0.39 is 0 Å². The van der Waals surface area contributed by atoms with Gasteiger partial charge in [0.15, 0.2) is 0 Å². The number of rotatable bonds is 3. The first-order valence-electron chi connectivity index (χ1n) is 5.28. The van der Waals surface area contributed by atoms with Crippen LogP contribution in [-0.2, 0) is 6.61 Å². The van der Waals surface area contributed by atoms with Crippen LogP contribution >= 0.6 is 15.9 Å². The van der Waals surface area contributed by atoms with E-state index in [0.29, 0.717) is 6.61 Å². The lowest BCUT2D eigenvalue weighted by atomic mass is 10.2. The molecule has 17 heavy (non-hydrogen) atoms. The molecular formula is C14H12BrFO. The Hall–Kier alpha value is -1.35. The average molecular weight is 295 g/mol. The first kappa shape index (κ1) is 12.1. The summed E-state index contributed by atoms with van der Waals surface area (Å²) in [6.45, 7) is 2.45. The molecule has 0 saturated carbocycles. The summed E-state index contributed by atoms with van der Waals surface area (Å²) in [6, 6.07) is 12.4. The highest BCUT2D eigenvalue weighted by atomic mass is 79.9. The van der Waals surface area contributed by atoms with Gasteiger partial charge >= 0.3 is 0 Å². The Balaban J connectivity index is 2.04. The van der Waals surface area contributed by atoms with Crippen molar-refractivity contribution in [2.45, 2.75) is 13.5 Å². The summed E-state index contributed by atoms with van der Waals surface area (Å²) in [5.41, 5.74) is 2.12. The predicted molar refractivity (Wildman–Crippen MR) is 69.6 cm³/mol. The lowest BCUT2D eigenvalue weighted by Gasteiger charge is -2.08. The Bertz CT molecular complexity index is 508. The number of aryl methyl sites for hydroxylation is 1. The molecule has 0 aliphatic carbocycles. The Morgan fingerprint density at radius 3 is 2.47 bits per heavy atom. The first-order valence-corrected chi connectivity index (χ1v) is 6.08. The minimum atomic E-state index is -0.254. The zero-order valence-corrected chi connectivity index (χ0v) is 11.0. The monoisotopic (exact) mass is 294 g/mol. The van der Waals surface area contributed by atoms with Gasteiger partial charge in [0.05, 0.1) is 0 Å². The SMILES string of the molecule is Cc1ccc(OCc2ccc(F)cc2Br)cc1. The van der Waals surface area contributed by atoms with Gasteiger partial charge in [-0.15, -0.1) is 0 Å². The van der Waals surface area contributed by atoms with Crippen LogP contribution in [0.5, 0.6) is 5.75 Å². The molecule has 0 saturated heterocycles. The molecule has 2 rings (SSSR count). The fourth-order valence-corrected chi connectivity index (χ4v) is 1.90. The van der Waals surface area contributed by atoms with Crippen molar-refractivity contribution >= 4 is 15.9 Å².